The number of nitrogens with zero attached hydrogens (tertiary/aromatic N) is 1. The molecule has 0 aliphatic carbocycles. The fourth-order valence-electron chi connectivity index (χ4n) is 1.52. The molecule has 0 aliphatic rings. The van der Waals surface area contributed by atoms with E-state index in [2.05, 4.69) is 4.98 Å². The zero-order valence-electron chi connectivity index (χ0n) is 8.00. The molecule has 0 amide bonds. The summed E-state index contributed by atoms with van der Waals surface area (Å²) in [5, 5.41) is 0.912. The van der Waals surface area contributed by atoms with E-state index in [9.17, 15) is 0 Å². The van der Waals surface area contributed by atoms with Gasteiger partial charge in [0.2, 0.25) is 0 Å². The van der Waals surface area contributed by atoms with Crippen molar-refractivity contribution < 1.29 is 0 Å². The van der Waals surface area contributed by atoms with Gasteiger partial charge in [-0.15, -0.1) is 23.2 Å². The van der Waals surface area contributed by atoms with Crippen LogP contribution in [-0.2, 0) is 0 Å². The summed E-state index contributed by atoms with van der Waals surface area (Å²) in [7, 11) is 0. The van der Waals surface area contributed by atoms with Crippen LogP contribution < -0.4 is 0 Å². The summed E-state index contributed by atoms with van der Waals surface area (Å²) >= 11 is 23.4. The summed E-state index contributed by atoms with van der Waals surface area (Å²) in [5.41, 5.74) is 2.12. The van der Waals surface area contributed by atoms with Crippen LogP contribution in [0.15, 0.2) is 30.3 Å². The fraction of sp³-hybridized carbons (Fsp3) is 0.182. The molecule has 0 fully saturated rings. The van der Waals surface area contributed by atoms with Crippen molar-refractivity contribution in [2.45, 2.75) is 9.67 Å². The van der Waals surface area contributed by atoms with Crippen molar-refractivity contribution in [3.8, 4) is 0 Å². The lowest BCUT2D eigenvalue weighted by molar-refractivity contribution is 1.16. The lowest BCUT2D eigenvalue weighted by Gasteiger charge is -2.10. The largest absolute Gasteiger partial charge is 0.250 e. The first-order chi connectivity index (χ1) is 7.59. The third-order valence-corrected chi connectivity index (χ3v) is 3.14. The summed E-state index contributed by atoms with van der Waals surface area (Å²) < 4.78 is 0. The Morgan fingerprint density at radius 3 is 2.25 bits per heavy atom. The van der Waals surface area contributed by atoms with Gasteiger partial charge in [0.15, 0.2) is 0 Å². The second kappa shape index (κ2) is 4.97. The first-order valence-corrected chi connectivity index (χ1v) is 6.30. The maximum absolute atomic E-state index is 5.91. The maximum atomic E-state index is 5.91. The van der Waals surface area contributed by atoms with Gasteiger partial charge >= 0.3 is 0 Å². The van der Waals surface area contributed by atoms with Crippen LogP contribution in [0.1, 0.15) is 20.9 Å². The number of aromatic nitrogens is 1. The van der Waals surface area contributed by atoms with Gasteiger partial charge in [-0.3, -0.25) is 0 Å². The average Bonchev–Trinajstić information content (AvgIpc) is 2.27. The zero-order valence-corrected chi connectivity index (χ0v) is 11.0. The number of rotatable bonds is 2. The molecule has 1 heterocycles. The highest BCUT2D eigenvalue weighted by atomic mass is 35.5. The predicted octanol–water partition coefficient (Wildman–Crippen LogP) is 5.19. The monoisotopic (exact) mass is 293 g/mol. The van der Waals surface area contributed by atoms with E-state index < -0.39 is 9.67 Å². The number of benzene rings is 1. The second-order valence-corrected chi connectivity index (χ2v) is 5.45. The van der Waals surface area contributed by atoms with Gasteiger partial charge in [-0.25, -0.2) is 4.98 Å². The molecular weight excluding hydrogens is 288 g/mol. The van der Waals surface area contributed by atoms with E-state index in [-0.39, 0.29) is 0 Å². The van der Waals surface area contributed by atoms with Gasteiger partial charge in [-0.2, -0.15) is 0 Å². The van der Waals surface area contributed by atoms with Crippen molar-refractivity contribution in [1.82, 2.24) is 4.98 Å². The highest BCUT2D eigenvalue weighted by Crippen LogP contribution is 2.34. The van der Waals surface area contributed by atoms with E-state index in [4.69, 9.17) is 46.4 Å². The third-order valence-electron chi connectivity index (χ3n) is 2.23. The van der Waals surface area contributed by atoms with Crippen LogP contribution in [0, 0.1) is 0 Å². The Labute approximate surface area is 113 Å². The molecule has 0 aliphatic heterocycles. The van der Waals surface area contributed by atoms with Gasteiger partial charge in [0.1, 0.15) is 9.67 Å². The summed E-state index contributed by atoms with van der Waals surface area (Å²) in [6.45, 7) is 0. The van der Waals surface area contributed by atoms with Crippen molar-refractivity contribution in [2.75, 3.05) is 0 Å². The van der Waals surface area contributed by atoms with E-state index in [1.807, 2.05) is 24.3 Å². The molecule has 1 nitrogen and oxygen atoms in total. The molecule has 0 atom stereocenters. The van der Waals surface area contributed by atoms with Crippen molar-refractivity contribution in [3.63, 3.8) is 0 Å². The van der Waals surface area contributed by atoms with Crippen LogP contribution in [0.25, 0.3) is 10.9 Å². The third kappa shape index (κ3) is 2.38. The Hall–Kier alpha value is -0.210. The number of fused-ring (bicyclic) bond motifs is 1. The first kappa shape index (κ1) is 12.3. The van der Waals surface area contributed by atoms with Crippen LogP contribution in [-0.4, -0.2) is 4.98 Å². The van der Waals surface area contributed by atoms with E-state index in [0.29, 0.717) is 5.69 Å². The molecule has 16 heavy (non-hydrogen) atoms. The Balaban J connectivity index is 2.74. The van der Waals surface area contributed by atoms with Gasteiger partial charge in [0, 0.05) is 5.39 Å². The molecule has 1 aromatic heterocycles. The molecule has 0 saturated heterocycles. The standard InChI is InChI=1S/C11H7Cl4N/c12-10(13)7-5-9(11(14)15)16-8-4-2-1-3-6(7)8/h1-5,10-11H. The lowest BCUT2D eigenvalue weighted by atomic mass is 10.1. The smallest absolute Gasteiger partial charge is 0.149 e. The molecule has 1 aromatic carbocycles. The maximum Gasteiger partial charge on any atom is 0.149 e. The van der Waals surface area contributed by atoms with Crippen molar-refractivity contribution in [2.24, 2.45) is 0 Å². The lowest BCUT2D eigenvalue weighted by Crippen LogP contribution is -1.94. The molecule has 0 N–H and O–H groups in total. The fourth-order valence-corrected chi connectivity index (χ4v) is 2.10. The summed E-state index contributed by atoms with van der Waals surface area (Å²) in [6.07, 6.45) is 0. The van der Waals surface area contributed by atoms with Crippen LogP contribution in [0.3, 0.4) is 0 Å². The number of alkyl halides is 4. The number of halogens is 4. The second-order valence-electron chi connectivity index (χ2n) is 3.25. The van der Waals surface area contributed by atoms with Crippen LogP contribution >= 0.6 is 46.4 Å². The van der Waals surface area contributed by atoms with E-state index >= 15 is 0 Å². The number of pyridine rings is 1. The number of para-hydroxylation sites is 1. The Morgan fingerprint density at radius 1 is 0.938 bits per heavy atom. The van der Waals surface area contributed by atoms with Gasteiger partial charge in [0.05, 0.1) is 11.2 Å². The molecule has 2 rings (SSSR count). The predicted molar refractivity (Wildman–Crippen MR) is 70.6 cm³/mol. The van der Waals surface area contributed by atoms with E-state index in [1.54, 1.807) is 6.07 Å². The van der Waals surface area contributed by atoms with Gasteiger partial charge in [0.25, 0.3) is 0 Å². The zero-order chi connectivity index (χ0) is 11.7. The van der Waals surface area contributed by atoms with Gasteiger partial charge in [-0.05, 0) is 17.7 Å². The molecule has 0 bridgehead atoms. The Kier molecular flexibility index (Phi) is 3.81. The van der Waals surface area contributed by atoms with E-state index in [1.165, 1.54) is 0 Å². The quantitative estimate of drug-likeness (QED) is 0.695. The van der Waals surface area contributed by atoms with Crippen LogP contribution in [0.5, 0.6) is 0 Å². The number of hydrogen-bond donors (Lipinski definition) is 0. The normalized spacial score (nSPS) is 11.6. The molecule has 0 radical (unpaired) electrons. The van der Waals surface area contributed by atoms with Crippen molar-refractivity contribution in [1.29, 1.82) is 0 Å². The minimum absolute atomic E-state index is 0.559. The molecular formula is C11H7Cl4N. The SMILES string of the molecule is ClC(Cl)c1cc(C(Cl)Cl)c2ccccc2n1. The van der Waals surface area contributed by atoms with E-state index in [0.717, 1.165) is 16.5 Å². The average molecular weight is 295 g/mol. The summed E-state index contributed by atoms with van der Waals surface area (Å²) in [6, 6.07) is 9.31. The van der Waals surface area contributed by atoms with Crippen LogP contribution in [0.2, 0.25) is 0 Å². The summed E-state index contributed by atoms with van der Waals surface area (Å²) in [4.78, 5) is 3.03. The molecule has 0 spiro atoms. The van der Waals surface area contributed by atoms with Gasteiger partial charge < -0.3 is 0 Å². The molecule has 84 valence electrons. The van der Waals surface area contributed by atoms with Gasteiger partial charge in [-0.1, -0.05) is 41.4 Å². The number of hydrogen-bond acceptors (Lipinski definition) is 1. The van der Waals surface area contributed by atoms with Crippen molar-refractivity contribution in [3.05, 3.63) is 41.6 Å². The Morgan fingerprint density at radius 2 is 1.62 bits per heavy atom. The molecule has 2 aromatic rings. The van der Waals surface area contributed by atoms with Crippen LogP contribution in [0.4, 0.5) is 0 Å². The topological polar surface area (TPSA) is 12.9 Å². The molecule has 0 saturated carbocycles. The molecule has 5 heteroatoms. The molecule has 0 unspecified atom stereocenters. The minimum atomic E-state index is -0.685. The first-order valence-electron chi connectivity index (χ1n) is 4.55. The minimum Gasteiger partial charge on any atom is -0.250 e. The highest BCUT2D eigenvalue weighted by molar-refractivity contribution is 6.45. The van der Waals surface area contributed by atoms with Crippen molar-refractivity contribution >= 4 is 57.3 Å². The highest BCUT2D eigenvalue weighted by Gasteiger charge is 2.14. The summed E-state index contributed by atoms with van der Waals surface area (Å²) in [5.74, 6) is 0. The Bertz CT molecular complexity index is 510.